The first-order valence-corrected chi connectivity index (χ1v) is 3.24. The zero-order valence-corrected chi connectivity index (χ0v) is 6.34. The Morgan fingerprint density at radius 1 is 1.46 bits per heavy atom. The van der Waals surface area contributed by atoms with E-state index in [2.05, 4.69) is 9.97 Å². The molecule has 1 aromatic heterocycles. The van der Waals surface area contributed by atoms with Crippen molar-refractivity contribution in [1.29, 1.82) is 0 Å². The summed E-state index contributed by atoms with van der Waals surface area (Å²) in [5.74, 6) is -0.468. The fourth-order valence-corrected chi connectivity index (χ4v) is 0.782. The number of hydrogen-bond acceptors (Lipinski definition) is 4. The summed E-state index contributed by atoms with van der Waals surface area (Å²) in [6, 6.07) is 0. The van der Waals surface area contributed by atoms with Crippen LogP contribution >= 0.6 is 0 Å². The average molecular weight is 193 g/mol. The van der Waals surface area contributed by atoms with Crippen LogP contribution in [0.5, 0.6) is 0 Å². The molecule has 0 atom stereocenters. The largest absolute Gasteiger partial charge is 0.433 e. The highest BCUT2D eigenvalue weighted by molar-refractivity contribution is 5.26. The lowest BCUT2D eigenvalue weighted by Crippen LogP contribution is -2.14. The van der Waals surface area contributed by atoms with E-state index in [9.17, 15) is 13.2 Å². The minimum Gasteiger partial charge on any atom is -0.392 e. The van der Waals surface area contributed by atoms with Crippen molar-refractivity contribution >= 4 is 5.95 Å². The molecule has 0 aliphatic heterocycles. The second-order valence-corrected chi connectivity index (χ2v) is 2.26. The molecule has 72 valence electrons. The number of aromatic nitrogens is 2. The molecule has 7 heteroatoms. The minimum atomic E-state index is -4.62. The van der Waals surface area contributed by atoms with Crippen LogP contribution in [0.1, 0.15) is 11.3 Å². The topological polar surface area (TPSA) is 72.0 Å². The first-order chi connectivity index (χ1) is 5.95. The van der Waals surface area contributed by atoms with E-state index in [-0.39, 0.29) is 5.56 Å². The first kappa shape index (κ1) is 9.72. The number of aliphatic hydroxyl groups is 1. The lowest BCUT2D eigenvalue weighted by atomic mass is 10.2. The molecule has 0 radical (unpaired) electrons. The Morgan fingerprint density at radius 3 is 2.54 bits per heavy atom. The summed E-state index contributed by atoms with van der Waals surface area (Å²) in [6.45, 7) is -0.769. The van der Waals surface area contributed by atoms with Gasteiger partial charge in [-0.1, -0.05) is 0 Å². The highest BCUT2D eigenvalue weighted by Crippen LogP contribution is 2.30. The van der Waals surface area contributed by atoms with E-state index < -0.39 is 24.4 Å². The molecule has 0 aliphatic rings. The summed E-state index contributed by atoms with van der Waals surface area (Å²) in [4.78, 5) is 6.33. The van der Waals surface area contributed by atoms with Gasteiger partial charge in [0.2, 0.25) is 5.95 Å². The Bertz CT molecular complexity index is 312. The third-order valence-electron chi connectivity index (χ3n) is 1.32. The van der Waals surface area contributed by atoms with Crippen LogP contribution in [0, 0.1) is 0 Å². The Labute approximate surface area is 71.2 Å². The number of anilines is 1. The van der Waals surface area contributed by atoms with Crippen LogP contribution in [-0.4, -0.2) is 15.1 Å². The van der Waals surface area contributed by atoms with E-state index in [4.69, 9.17) is 10.8 Å². The number of nitrogens with zero attached hydrogens (tertiary/aromatic N) is 2. The van der Waals surface area contributed by atoms with Gasteiger partial charge in [0, 0.05) is 11.8 Å². The van der Waals surface area contributed by atoms with Crippen LogP contribution in [0.3, 0.4) is 0 Å². The predicted molar refractivity (Wildman–Crippen MR) is 37.4 cm³/mol. The molecule has 0 saturated carbocycles. The van der Waals surface area contributed by atoms with Gasteiger partial charge < -0.3 is 10.8 Å². The Hall–Kier alpha value is -1.37. The van der Waals surface area contributed by atoms with Gasteiger partial charge in [-0.15, -0.1) is 0 Å². The molecule has 1 heterocycles. The van der Waals surface area contributed by atoms with Crippen molar-refractivity contribution in [2.75, 3.05) is 5.73 Å². The fraction of sp³-hybridized carbons (Fsp3) is 0.333. The number of alkyl halides is 3. The van der Waals surface area contributed by atoms with E-state index in [0.717, 1.165) is 6.20 Å². The van der Waals surface area contributed by atoms with Crippen molar-refractivity contribution in [3.05, 3.63) is 17.5 Å². The minimum absolute atomic E-state index is 0.387. The first-order valence-electron chi connectivity index (χ1n) is 3.24. The number of hydrogen-bond donors (Lipinski definition) is 2. The second kappa shape index (κ2) is 3.17. The molecule has 0 amide bonds. The Morgan fingerprint density at radius 2 is 2.08 bits per heavy atom. The Balaban J connectivity index is 3.24. The lowest BCUT2D eigenvalue weighted by Gasteiger charge is -2.09. The summed E-state index contributed by atoms with van der Waals surface area (Å²) in [7, 11) is 0. The van der Waals surface area contributed by atoms with Crippen LogP contribution in [0.25, 0.3) is 0 Å². The highest BCUT2D eigenvalue weighted by atomic mass is 19.4. The molecule has 0 saturated heterocycles. The van der Waals surface area contributed by atoms with E-state index >= 15 is 0 Å². The Kier molecular flexibility index (Phi) is 2.37. The summed E-state index contributed by atoms with van der Waals surface area (Å²) < 4.78 is 36.5. The monoisotopic (exact) mass is 193 g/mol. The maximum absolute atomic E-state index is 12.2. The average Bonchev–Trinajstić information content (AvgIpc) is 2.03. The van der Waals surface area contributed by atoms with E-state index in [1.807, 2.05) is 0 Å². The van der Waals surface area contributed by atoms with Gasteiger partial charge in [0.05, 0.1) is 6.61 Å². The van der Waals surface area contributed by atoms with Crippen molar-refractivity contribution in [3.63, 3.8) is 0 Å². The lowest BCUT2D eigenvalue weighted by molar-refractivity contribution is -0.142. The van der Waals surface area contributed by atoms with E-state index in [0.29, 0.717) is 0 Å². The van der Waals surface area contributed by atoms with Crippen molar-refractivity contribution in [3.8, 4) is 0 Å². The standard InChI is InChI=1S/C6H6F3N3O/c7-6(8,9)4-3(2-13)1-11-5(10)12-4/h1,13H,2H2,(H2,10,11,12). The van der Waals surface area contributed by atoms with Gasteiger partial charge in [-0.3, -0.25) is 0 Å². The van der Waals surface area contributed by atoms with Crippen LogP contribution < -0.4 is 5.73 Å². The van der Waals surface area contributed by atoms with Crippen LogP contribution in [0.4, 0.5) is 19.1 Å². The van der Waals surface area contributed by atoms with Crippen LogP contribution in [-0.2, 0) is 12.8 Å². The normalized spacial score (nSPS) is 11.7. The van der Waals surface area contributed by atoms with Crippen LogP contribution in [0.15, 0.2) is 6.20 Å². The molecule has 4 nitrogen and oxygen atoms in total. The molecule has 0 aliphatic carbocycles. The summed E-state index contributed by atoms with van der Waals surface area (Å²) >= 11 is 0. The van der Waals surface area contributed by atoms with Gasteiger partial charge in [0.25, 0.3) is 0 Å². The molecular weight excluding hydrogens is 187 g/mol. The van der Waals surface area contributed by atoms with Crippen molar-refractivity contribution in [2.24, 2.45) is 0 Å². The van der Waals surface area contributed by atoms with Gasteiger partial charge >= 0.3 is 6.18 Å². The van der Waals surface area contributed by atoms with Gasteiger partial charge in [-0.05, 0) is 0 Å². The van der Waals surface area contributed by atoms with Gasteiger partial charge in [-0.2, -0.15) is 13.2 Å². The molecule has 13 heavy (non-hydrogen) atoms. The number of aliphatic hydroxyl groups excluding tert-OH is 1. The molecule has 1 rings (SSSR count). The summed E-state index contributed by atoms with van der Waals surface area (Å²) in [5, 5.41) is 8.55. The van der Waals surface area contributed by atoms with Crippen molar-refractivity contribution in [2.45, 2.75) is 12.8 Å². The second-order valence-electron chi connectivity index (χ2n) is 2.26. The molecule has 1 aromatic rings. The van der Waals surface area contributed by atoms with Crippen molar-refractivity contribution < 1.29 is 18.3 Å². The quantitative estimate of drug-likeness (QED) is 0.683. The maximum atomic E-state index is 12.2. The summed E-state index contributed by atoms with van der Waals surface area (Å²) in [6.07, 6.45) is -3.76. The fourth-order valence-electron chi connectivity index (χ4n) is 0.782. The maximum Gasteiger partial charge on any atom is 0.433 e. The molecule has 0 aromatic carbocycles. The number of nitrogens with two attached hydrogens (primary N) is 1. The molecule has 0 bridgehead atoms. The molecule has 0 fully saturated rings. The zero-order chi connectivity index (χ0) is 10.1. The molecular formula is C6H6F3N3O. The third kappa shape index (κ3) is 2.05. The molecule has 3 N–H and O–H groups in total. The van der Waals surface area contributed by atoms with Gasteiger partial charge in [-0.25, -0.2) is 9.97 Å². The summed E-state index contributed by atoms with van der Waals surface area (Å²) in [5.41, 5.74) is 3.40. The zero-order valence-electron chi connectivity index (χ0n) is 6.34. The molecule has 0 spiro atoms. The highest BCUT2D eigenvalue weighted by Gasteiger charge is 2.35. The van der Waals surface area contributed by atoms with E-state index in [1.165, 1.54) is 0 Å². The molecule has 0 unspecified atom stereocenters. The number of rotatable bonds is 1. The van der Waals surface area contributed by atoms with E-state index in [1.54, 1.807) is 0 Å². The van der Waals surface area contributed by atoms with Gasteiger partial charge in [0.1, 0.15) is 0 Å². The van der Waals surface area contributed by atoms with Gasteiger partial charge in [0.15, 0.2) is 5.69 Å². The van der Waals surface area contributed by atoms with Crippen molar-refractivity contribution in [1.82, 2.24) is 9.97 Å². The number of halogens is 3. The smallest absolute Gasteiger partial charge is 0.392 e. The SMILES string of the molecule is Nc1ncc(CO)c(C(F)(F)F)n1. The predicted octanol–water partition coefficient (Wildman–Crippen LogP) is 0.570. The number of nitrogen functional groups attached to an aromatic ring is 1. The third-order valence-corrected chi connectivity index (χ3v) is 1.32. The van der Waals surface area contributed by atoms with Crippen LogP contribution in [0.2, 0.25) is 0 Å².